The molecule has 2 aromatic rings. The zero-order valence-corrected chi connectivity index (χ0v) is 15.0. The third-order valence-corrected chi connectivity index (χ3v) is 5.88. The van der Waals surface area contributed by atoms with Crippen LogP contribution in [-0.4, -0.2) is 51.2 Å². The lowest BCUT2D eigenvalue weighted by atomic mass is 9.86. The highest BCUT2D eigenvalue weighted by Gasteiger charge is 2.48. The maximum atomic E-state index is 12.6. The van der Waals surface area contributed by atoms with Crippen molar-refractivity contribution in [3.8, 4) is 0 Å². The van der Waals surface area contributed by atoms with Crippen LogP contribution in [0.3, 0.4) is 0 Å². The van der Waals surface area contributed by atoms with E-state index in [1.165, 1.54) is 0 Å². The van der Waals surface area contributed by atoms with Crippen LogP contribution in [0.2, 0.25) is 0 Å². The summed E-state index contributed by atoms with van der Waals surface area (Å²) < 4.78 is 0. The van der Waals surface area contributed by atoms with E-state index in [1.807, 2.05) is 22.1 Å². The van der Waals surface area contributed by atoms with Crippen molar-refractivity contribution in [3.05, 3.63) is 46.2 Å². The first-order chi connectivity index (χ1) is 12.0. The number of aryl methyl sites for hydroxylation is 1. The molecule has 2 fully saturated rings. The quantitative estimate of drug-likeness (QED) is 0.845. The van der Waals surface area contributed by atoms with Crippen molar-refractivity contribution in [2.75, 3.05) is 19.6 Å². The number of rotatable bonds is 3. The largest absolute Gasteiger partial charge is 0.338 e. The van der Waals surface area contributed by atoms with Gasteiger partial charge < -0.3 is 9.80 Å². The molecule has 4 heterocycles. The van der Waals surface area contributed by atoms with E-state index < -0.39 is 0 Å². The van der Waals surface area contributed by atoms with E-state index >= 15 is 0 Å². The average Bonchev–Trinajstić information content (AvgIpc) is 3.29. The topological polar surface area (TPSA) is 66.4 Å². The van der Waals surface area contributed by atoms with Crippen molar-refractivity contribution in [2.45, 2.75) is 26.3 Å². The minimum absolute atomic E-state index is 0.00556. The van der Waals surface area contributed by atoms with Crippen molar-refractivity contribution in [3.63, 3.8) is 0 Å². The van der Waals surface area contributed by atoms with Crippen molar-refractivity contribution in [2.24, 2.45) is 5.41 Å². The second kappa shape index (κ2) is 6.22. The number of thiazole rings is 1. The number of aromatic nitrogens is 2. The van der Waals surface area contributed by atoms with Gasteiger partial charge in [-0.15, -0.1) is 11.3 Å². The molecule has 0 bridgehead atoms. The maximum absolute atomic E-state index is 12.6. The van der Waals surface area contributed by atoms with Gasteiger partial charge in [-0.05, 0) is 25.5 Å². The number of hydrogen-bond acceptors (Lipinski definition) is 5. The van der Waals surface area contributed by atoms with E-state index in [0.29, 0.717) is 38.2 Å². The monoisotopic (exact) mass is 356 g/mol. The van der Waals surface area contributed by atoms with Gasteiger partial charge in [-0.2, -0.15) is 0 Å². The molecule has 1 atom stereocenters. The molecule has 2 saturated heterocycles. The molecule has 2 aliphatic rings. The second-order valence-electron chi connectivity index (χ2n) is 7.00. The highest BCUT2D eigenvalue weighted by Crippen LogP contribution is 2.41. The molecular weight excluding hydrogens is 336 g/mol. The first-order valence-electron chi connectivity index (χ1n) is 8.43. The fourth-order valence-electron chi connectivity index (χ4n) is 3.86. The number of pyridine rings is 1. The molecule has 25 heavy (non-hydrogen) atoms. The fraction of sp³-hybridized carbons (Fsp3) is 0.444. The van der Waals surface area contributed by atoms with Gasteiger partial charge in [0.2, 0.25) is 5.91 Å². The minimum Gasteiger partial charge on any atom is -0.338 e. The number of carbonyl (C=O) groups is 2. The van der Waals surface area contributed by atoms with Crippen LogP contribution in [0.15, 0.2) is 29.9 Å². The fourth-order valence-corrected chi connectivity index (χ4v) is 4.46. The second-order valence-corrected chi connectivity index (χ2v) is 8.07. The average molecular weight is 356 g/mol. The van der Waals surface area contributed by atoms with Crippen molar-refractivity contribution in [1.29, 1.82) is 0 Å². The summed E-state index contributed by atoms with van der Waals surface area (Å²) in [7, 11) is 0. The lowest BCUT2D eigenvalue weighted by molar-refractivity contribution is -0.128. The molecule has 6 nitrogen and oxygen atoms in total. The molecule has 2 aromatic heterocycles. The van der Waals surface area contributed by atoms with Crippen LogP contribution in [0.25, 0.3) is 0 Å². The third-order valence-electron chi connectivity index (χ3n) is 5.06. The number of likely N-dealkylation sites (tertiary alicyclic amines) is 2. The Hall–Kier alpha value is -2.28. The van der Waals surface area contributed by atoms with Gasteiger partial charge >= 0.3 is 0 Å². The number of amides is 2. The summed E-state index contributed by atoms with van der Waals surface area (Å²) in [5.74, 6) is 0.173. The zero-order valence-electron chi connectivity index (χ0n) is 14.1. The number of nitrogens with zero attached hydrogens (tertiary/aromatic N) is 4. The van der Waals surface area contributed by atoms with Gasteiger partial charge in [0.05, 0.1) is 22.8 Å². The van der Waals surface area contributed by atoms with Crippen molar-refractivity contribution in [1.82, 2.24) is 19.8 Å². The maximum Gasteiger partial charge on any atom is 0.255 e. The molecule has 0 radical (unpaired) electrons. The summed E-state index contributed by atoms with van der Waals surface area (Å²) in [5, 5.41) is 3.03. The summed E-state index contributed by atoms with van der Waals surface area (Å²) >= 11 is 1.61. The molecule has 4 rings (SSSR count). The highest BCUT2D eigenvalue weighted by molar-refractivity contribution is 7.09. The third kappa shape index (κ3) is 3.16. The Morgan fingerprint density at radius 3 is 3.00 bits per heavy atom. The van der Waals surface area contributed by atoms with Crippen LogP contribution in [0.1, 0.15) is 33.9 Å². The molecule has 7 heteroatoms. The summed E-state index contributed by atoms with van der Waals surface area (Å²) in [6.07, 6.45) is 4.66. The van der Waals surface area contributed by atoms with E-state index in [-0.39, 0.29) is 17.2 Å². The number of carbonyl (C=O) groups excluding carboxylic acids is 2. The Bertz CT molecular complexity index is 806. The predicted molar refractivity (Wildman–Crippen MR) is 94.1 cm³/mol. The molecule has 2 amide bonds. The summed E-state index contributed by atoms with van der Waals surface area (Å²) in [5.41, 5.74) is 1.45. The molecule has 0 N–H and O–H groups in total. The molecule has 1 spiro atoms. The van der Waals surface area contributed by atoms with E-state index in [4.69, 9.17) is 0 Å². The Kier molecular flexibility index (Phi) is 4.03. The molecule has 130 valence electrons. The number of hydrogen-bond donors (Lipinski definition) is 0. The van der Waals surface area contributed by atoms with E-state index in [0.717, 1.165) is 17.1 Å². The van der Waals surface area contributed by atoms with Gasteiger partial charge in [0.1, 0.15) is 0 Å². The van der Waals surface area contributed by atoms with Crippen LogP contribution < -0.4 is 0 Å². The Balaban J connectivity index is 1.43. The smallest absolute Gasteiger partial charge is 0.255 e. The standard InChI is InChI=1S/C18H20N4O2S/c1-13-20-15(10-25-13)9-22-12-18(7-16(22)23)4-6-21(11-18)17(24)14-3-2-5-19-8-14/h2-3,5,8,10H,4,6-7,9,11-12H2,1H3/t18-/m1/s1. The van der Waals surface area contributed by atoms with E-state index in [9.17, 15) is 9.59 Å². The van der Waals surface area contributed by atoms with Gasteiger partial charge in [-0.3, -0.25) is 14.6 Å². The molecule has 0 aromatic carbocycles. The van der Waals surface area contributed by atoms with Crippen LogP contribution in [0.5, 0.6) is 0 Å². The van der Waals surface area contributed by atoms with E-state index in [2.05, 4.69) is 9.97 Å². The van der Waals surface area contributed by atoms with E-state index in [1.54, 1.807) is 35.9 Å². The Labute approximate surface area is 150 Å². The van der Waals surface area contributed by atoms with Gasteiger partial charge in [-0.1, -0.05) is 0 Å². The summed E-state index contributed by atoms with van der Waals surface area (Å²) in [6.45, 7) is 4.59. The Morgan fingerprint density at radius 2 is 2.28 bits per heavy atom. The summed E-state index contributed by atoms with van der Waals surface area (Å²) in [4.78, 5) is 37.3. The molecule has 0 aliphatic carbocycles. The van der Waals surface area contributed by atoms with Crippen LogP contribution in [0, 0.1) is 12.3 Å². The SMILES string of the molecule is Cc1nc(CN2C[C@]3(CCN(C(=O)c4cccnc4)C3)CC2=O)cs1. The van der Waals surface area contributed by atoms with Gasteiger partial charge in [0.25, 0.3) is 5.91 Å². The molecule has 0 unspecified atom stereocenters. The minimum atomic E-state index is -0.111. The molecular formula is C18H20N4O2S. The van der Waals surface area contributed by atoms with Gasteiger partial charge in [-0.25, -0.2) is 4.98 Å². The normalized spacial score (nSPS) is 23.0. The predicted octanol–water partition coefficient (Wildman–Crippen LogP) is 2.11. The van der Waals surface area contributed by atoms with Gasteiger partial charge in [0.15, 0.2) is 0 Å². The van der Waals surface area contributed by atoms with Crippen LogP contribution >= 0.6 is 11.3 Å². The van der Waals surface area contributed by atoms with Crippen molar-refractivity contribution >= 4 is 23.2 Å². The van der Waals surface area contributed by atoms with Crippen molar-refractivity contribution < 1.29 is 9.59 Å². The Morgan fingerprint density at radius 1 is 1.40 bits per heavy atom. The first-order valence-corrected chi connectivity index (χ1v) is 9.31. The molecule has 0 saturated carbocycles. The van der Waals surface area contributed by atoms with Crippen LogP contribution in [0.4, 0.5) is 0 Å². The summed E-state index contributed by atoms with van der Waals surface area (Å²) in [6, 6.07) is 3.56. The molecule has 2 aliphatic heterocycles. The first kappa shape index (κ1) is 16.2. The zero-order chi connectivity index (χ0) is 17.4. The van der Waals surface area contributed by atoms with Gasteiger partial charge in [0, 0.05) is 49.2 Å². The van der Waals surface area contributed by atoms with Crippen LogP contribution in [-0.2, 0) is 11.3 Å². The lowest BCUT2D eigenvalue weighted by Gasteiger charge is -2.24. The lowest BCUT2D eigenvalue weighted by Crippen LogP contribution is -2.34. The highest BCUT2D eigenvalue weighted by atomic mass is 32.1.